The molecule has 2 aromatic carbocycles. The molecular weight excluding hydrogens is 370 g/mol. The fraction of sp³-hybridized carbons (Fsp3) is 0.0526. The highest BCUT2D eigenvalue weighted by Crippen LogP contribution is 2.16. The van der Waals surface area contributed by atoms with Crippen LogP contribution in [0.25, 0.3) is 11.0 Å². The van der Waals surface area contributed by atoms with Crippen molar-refractivity contribution in [1.29, 1.82) is 0 Å². The topological polar surface area (TPSA) is 64.3 Å². The molecule has 2 heterocycles. The zero-order chi connectivity index (χ0) is 18.1. The number of rotatable bonds is 3. The van der Waals surface area contributed by atoms with E-state index in [4.69, 9.17) is 11.6 Å². The van der Waals surface area contributed by atoms with Gasteiger partial charge in [-0.1, -0.05) is 71.5 Å². The minimum atomic E-state index is -0.447. The van der Waals surface area contributed by atoms with Crippen LogP contribution in [0.15, 0.2) is 64.2 Å². The third-order valence-electron chi connectivity index (χ3n) is 3.86. The van der Waals surface area contributed by atoms with Crippen LogP contribution in [-0.4, -0.2) is 14.6 Å². The lowest BCUT2D eigenvalue weighted by Gasteiger charge is -2.02. The lowest BCUT2D eigenvalue weighted by Crippen LogP contribution is -2.28. The molecule has 2 aromatic heterocycles. The van der Waals surface area contributed by atoms with Crippen molar-refractivity contribution in [3.05, 3.63) is 102 Å². The lowest BCUT2D eigenvalue weighted by molar-refractivity contribution is 0.811. The van der Waals surface area contributed by atoms with Crippen LogP contribution in [0.1, 0.15) is 16.8 Å². The molecule has 26 heavy (non-hydrogen) atoms. The highest BCUT2D eigenvalue weighted by atomic mass is 35.5. The number of hydrogen-bond donors (Lipinski definition) is 0. The van der Waals surface area contributed by atoms with Crippen molar-refractivity contribution in [2.24, 2.45) is 0 Å². The van der Waals surface area contributed by atoms with Gasteiger partial charge in [-0.25, -0.2) is 0 Å². The SMILES string of the molecule is O=c1nc2s/c(=C\c3ccccc3)c(=O)n2nc1Cc1ccccc1Cl. The van der Waals surface area contributed by atoms with Gasteiger partial charge < -0.3 is 0 Å². The van der Waals surface area contributed by atoms with Gasteiger partial charge in [0.15, 0.2) is 0 Å². The molecule has 0 fully saturated rings. The average molecular weight is 382 g/mol. The molecule has 0 atom stereocenters. The van der Waals surface area contributed by atoms with Gasteiger partial charge >= 0.3 is 0 Å². The summed E-state index contributed by atoms with van der Waals surface area (Å²) in [7, 11) is 0. The third-order valence-corrected chi connectivity index (χ3v) is 5.19. The molecule has 7 heteroatoms. The second-order valence-electron chi connectivity index (χ2n) is 5.65. The molecule has 0 aliphatic heterocycles. The first kappa shape index (κ1) is 16.6. The maximum atomic E-state index is 12.6. The standard InChI is InChI=1S/C19H12ClN3O2S/c20-14-9-5-4-8-13(14)11-15-17(24)21-19-23(22-15)18(25)16(26-19)10-12-6-2-1-3-7-12/h1-10H,11H2/b16-10-. The van der Waals surface area contributed by atoms with Gasteiger partial charge in [0.2, 0.25) is 4.96 Å². The van der Waals surface area contributed by atoms with Crippen LogP contribution in [0, 0.1) is 0 Å². The minimum absolute atomic E-state index is 0.191. The number of aromatic nitrogens is 3. The summed E-state index contributed by atoms with van der Waals surface area (Å²) in [6.07, 6.45) is 1.99. The second-order valence-corrected chi connectivity index (χ2v) is 7.07. The van der Waals surface area contributed by atoms with Crippen LogP contribution in [-0.2, 0) is 6.42 Å². The zero-order valence-electron chi connectivity index (χ0n) is 13.4. The van der Waals surface area contributed by atoms with Crippen molar-refractivity contribution >= 4 is 34.0 Å². The van der Waals surface area contributed by atoms with Crippen molar-refractivity contribution in [3.8, 4) is 0 Å². The Morgan fingerprint density at radius 1 is 1.04 bits per heavy atom. The van der Waals surface area contributed by atoms with Crippen LogP contribution >= 0.6 is 22.9 Å². The number of thiazole rings is 1. The van der Waals surface area contributed by atoms with E-state index in [-0.39, 0.29) is 22.6 Å². The van der Waals surface area contributed by atoms with E-state index in [1.807, 2.05) is 48.5 Å². The molecule has 0 saturated heterocycles. The van der Waals surface area contributed by atoms with E-state index in [0.29, 0.717) is 9.55 Å². The van der Waals surface area contributed by atoms with E-state index in [1.54, 1.807) is 12.1 Å². The first-order chi connectivity index (χ1) is 12.6. The molecule has 4 rings (SSSR count). The molecule has 0 aliphatic rings. The molecule has 0 spiro atoms. The Kier molecular flexibility index (Phi) is 4.36. The highest BCUT2D eigenvalue weighted by molar-refractivity contribution is 7.15. The molecule has 0 N–H and O–H groups in total. The second kappa shape index (κ2) is 6.82. The smallest absolute Gasteiger partial charge is 0.266 e. The summed E-state index contributed by atoms with van der Waals surface area (Å²) in [5.74, 6) is 0. The van der Waals surface area contributed by atoms with E-state index in [0.717, 1.165) is 22.5 Å². The monoisotopic (exact) mass is 381 g/mol. The van der Waals surface area contributed by atoms with Crippen molar-refractivity contribution in [2.45, 2.75) is 6.42 Å². The van der Waals surface area contributed by atoms with E-state index >= 15 is 0 Å². The van der Waals surface area contributed by atoms with E-state index in [9.17, 15) is 9.59 Å². The molecular formula is C19H12ClN3O2S. The van der Waals surface area contributed by atoms with Gasteiger partial charge in [-0.15, -0.1) is 0 Å². The van der Waals surface area contributed by atoms with Crippen molar-refractivity contribution < 1.29 is 0 Å². The van der Waals surface area contributed by atoms with Gasteiger partial charge in [-0.05, 0) is 23.3 Å². The van der Waals surface area contributed by atoms with Gasteiger partial charge in [0, 0.05) is 11.4 Å². The molecule has 5 nitrogen and oxygen atoms in total. The zero-order valence-corrected chi connectivity index (χ0v) is 15.0. The summed E-state index contributed by atoms with van der Waals surface area (Å²) >= 11 is 7.29. The third kappa shape index (κ3) is 3.16. The van der Waals surface area contributed by atoms with Gasteiger partial charge in [0.1, 0.15) is 5.69 Å². The number of halogens is 1. The van der Waals surface area contributed by atoms with Crippen LogP contribution in [0.2, 0.25) is 5.02 Å². The van der Waals surface area contributed by atoms with Crippen molar-refractivity contribution in [3.63, 3.8) is 0 Å². The molecule has 0 bridgehead atoms. The Morgan fingerprint density at radius 3 is 2.54 bits per heavy atom. The summed E-state index contributed by atoms with van der Waals surface area (Å²) in [6.45, 7) is 0. The highest BCUT2D eigenvalue weighted by Gasteiger charge is 2.12. The van der Waals surface area contributed by atoms with Crippen molar-refractivity contribution in [1.82, 2.24) is 14.6 Å². The summed E-state index contributed by atoms with van der Waals surface area (Å²) in [6, 6.07) is 16.7. The molecule has 128 valence electrons. The summed E-state index contributed by atoms with van der Waals surface area (Å²) in [5, 5.41) is 4.78. The number of benzene rings is 2. The molecule has 0 aliphatic carbocycles. The molecule has 0 radical (unpaired) electrons. The summed E-state index contributed by atoms with van der Waals surface area (Å²) in [5.41, 5.74) is 1.12. The van der Waals surface area contributed by atoms with Crippen LogP contribution < -0.4 is 15.7 Å². The number of hydrogen-bond acceptors (Lipinski definition) is 5. The lowest BCUT2D eigenvalue weighted by atomic mass is 10.1. The fourth-order valence-electron chi connectivity index (χ4n) is 2.57. The Morgan fingerprint density at radius 2 is 1.77 bits per heavy atom. The van der Waals surface area contributed by atoms with Gasteiger partial charge in [0.25, 0.3) is 11.1 Å². The minimum Gasteiger partial charge on any atom is -0.266 e. The molecule has 0 amide bonds. The average Bonchev–Trinajstić information content (AvgIpc) is 2.93. The molecule has 4 aromatic rings. The van der Waals surface area contributed by atoms with E-state index in [1.165, 1.54) is 4.52 Å². The number of nitrogens with zero attached hydrogens (tertiary/aromatic N) is 3. The number of fused-ring (bicyclic) bond motifs is 1. The first-order valence-corrected chi connectivity index (χ1v) is 9.04. The van der Waals surface area contributed by atoms with E-state index in [2.05, 4.69) is 10.1 Å². The Hall–Kier alpha value is -2.83. The van der Waals surface area contributed by atoms with Gasteiger partial charge in [0.05, 0.1) is 4.53 Å². The Bertz CT molecular complexity index is 1270. The maximum Gasteiger partial charge on any atom is 0.296 e. The normalized spacial score (nSPS) is 12.0. The predicted octanol–water partition coefficient (Wildman–Crippen LogP) is 2.30. The predicted molar refractivity (Wildman–Crippen MR) is 103 cm³/mol. The summed E-state index contributed by atoms with van der Waals surface area (Å²) < 4.78 is 1.66. The van der Waals surface area contributed by atoms with Crippen LogP contribution in [0.5, 0.6) is 0 Å². The Balaban J connectivity index is 1.84. The molecule has 0 saturated carbocycles. The first-order valence-electron chi connectivity index (χ1n) is 7.85. The molecule has 0 unspecified atom stereocenters. The Labute approximate surface area is 156 Å². The largest absolute Gasteiger partial charge is 0.296 e. The maximum absolute atomic E-state index is 12.6. The van der Waals surface area contributed by atoms with Crippen molar-refractivity contribution in [2.75, 3.05) is 0 Å². The quantitative estimate of drug-likeness (QED) is 0.546. The van der Waals surface area contributed by atoms with Crippen LogP contribution in [0.3, 0.4) is 0 Å². The summed E-state index contributed by atoms with van der Waals surface area (Å²) in [4.78, 5) is 29.2. The van der Waals surface area contributed by atoms with Crippen LogP contribution in [0.4, 0.5) is 0 Å². The van der Waals surface area contributed by atoms with Gasteiger partial charge in [-0.3, -0.25) is 9.59 Å². The van der Waals surface area contributed by atoms with E-state index < -0.39 is 5.56 Å². The fourth-order valence-corrected chi connectivity index (χ4v) is 3.68. The van der Waals surface area contributed by atoms with Gasteiger partial charge in [-0.2, -0.15) is 14.6 Å².